The molecule has 8 heteroatoms. The maximum atomic E-state index is 12.4. The zero-order chi connectivity index (χ0) is 22.0. The van der Waals surface area contributed by atoms with Gasteiger partial charge in [-0.2, -0.15) is 0 Å². The highest BCUT2D eigenvalue weighted by atomic mass is 35.5. The molecule has 2 aromatic rings. The van der Waals surface area contributed by atoms with Crippen LogP contribution >= 0.6 is 34.8 Å². The Bertz CT molecular complexity index is 953. The van der Waals surface area contributed by atoms with E-state index in [1.54, 1.807) is 12.1 Å². The van der Waals surface area contributed by atoms with Crippen LogP contribution in [0.25, 0.3) is 0 Å². The summed E-state index contributed by atoms with van der Waals surface area (Å²) in [6, 6.07) is 13.7. The van der Waals surface area contributed by atoms with E-state index in [1.807, 2.05) is 12.1 Å². The van der Waals surface area contributed by atoms with E-state index < -0.39 is 5.91 Å². The molecule has 5 nitrogen and oxygen atoms in total. The van der Waals surface area contributed by atoms with E-state index in [0.717, 1.165) is 37.3 Å². The zero-order valence-electron chi connectivity index (χ0n) is 16.9. The molecule has 2 amide bonds. The van der Waals surface area contributed by atoms with Gasteiger partial charge in [-0.3, -0.25) is 14.5 Å². The SMILES string of the molecule is O=C(CNC(=O)c1cc(Cl)ccc1Cl)NC1C[C@H]2CC[C@H](C1)N2Cc1ccc(Cl)cc1. The second-order valence-corrected chi connectivity index (χ2v) is 9.51. The Morgan fingerprint density at radius 3 is 2.26 bits per heavy atom. The van der Waals surface area contributed by atoms with Crippen molar-refractivity contribution in [2.75, 3.05) is 6.54 Å². The van der Waals surface area contributed by atoms with Crippen LogP contribution in [0.2, 0.25) is 15.1 Å². The monoisotopic (exact) mass is 479 g/mol. The summed E-state index contributed by atoms with van der Waals surface area (Å²) in [5.74, 6) is -0.609. The molecule has 31 heavy (non-hydrogen) atoms. The van der Waals surface area contributed by atoms with Gasteiger partial charge < -0.3 is 10.6 Å². The minimum Gasteiger partial charge on any atom is -0.352 e. The van der Waals surface area contributed by atoms with E-state index in [0.29, 0.717) is 22.1 Å². The number of carbonyl (C=O) groups excluding carboxylic acids is 2. The third-order valence-corrected chi connectivity index (χ3v) is 6.93. The van der Waals surface area contributed by atoms with Crippen LogP contribution < -0.4 is 10.6 Å². The van der Waals surface area contributed by atoms with Gasteiger partial charge in [0.15, 0.2) is 0 Å². The molecule has 2 bridgehead atoms. The predicted molar refractivity (Wildman–Crippen MR) is 124 cm³/mol. The Morgan fingerprint density at radius 2 is 1.58 bits per heavy atom. The van der Waals surface area contributed by atoms with Crippen LogP contribution in [0.15, 0.2) is 42.5 Å². The number of nitrogens with zero attached hydrogens (tertiary/aromatic N) is 1. The van der Waals surface area contributed by atoms with Gasteiger partial charge in [-0.15, -0.1) is 0 Å². The molecule has 2 heterocycles. The molecule has 0 aliphatic carbocycles. The van der Waals surface area contributed by atoms with Gasteiger partial charge in [0.2, 0.25) is 5.91 Å². The lowest BCUT2D eigenvalue weighted by Crippen LogP contribution is -2.51. The lowest BCUT2D eigenvalue weighted by Gasteiger charge is -2.39. The molecule has 164 valence electrons. The van der Waals surface area contributed by atoms with Crippen LogP contribution in [-0.4, -0.2) is 41.4 Å². The molecule has 2 aliphatic rings. The number of amides is 2. The number of fused-ring (bicyclic) bond motifs is 2. The topological polar surface area (TPSA) is 61.4 Å². The molecule has 2 aliphatic heterocycles. The van der Waals surface area contributed by atoms with E-state index in [9.17, 15) is 9.59 Å². The molecule has 2 atom stereocenters. The van der Waals surface area contributed by atoms with Crippen molar-refractivity contribution < 1.29 is 9.59 Å². The van der Waals surface area contributed by atoms with Crippen molar-refractivity contribution in [3.05, 3.63) is 68.7 Å². The van der Waals surface area contributed by atoms with Crippen LogP contribution in [0.3, 0.4) is 0 Å². The molecule has 2 fully saturated rings. The van der Waals surface area contributed by atoms with Gasteiger partial charge in [-0.05, 0) is 61.6 Å². The van der Waals surface area contributed by atoms with Gasteiger partial charge in [0, 0.05) is 34.7 Å². The minimum absolute atomic E-state index is 0.0952. The summed E-state index contributed by atoms with van der Waals surface area (Å²) < 4.78 is 0. The first kappa shape index (κ1) is 22.4. The fourth-order valence-electron chi connectivity index (χ4n) is 4.66. The first-order chi connectivity index (χ1) is 14.9. The van der Waals surface area contributed by atoms with Crippen LogP contribution in [0.1, 0.15) is 41.6 Å². The van der Waals surface area contributed by atoms with Gasteiger partial charge in [0.05, 0.1) is 17.1 Å². The molecular weight excluding hydrogens is 457 g/mol. The van der Waals surface area contributed by atoms with Crippen LogP contribution in [0, 0.1) is 0 Å². The van der Waals surface area contributed by atoms with E-state index in [-0.39, 0.29) is 24.1 Å². The summed E-state index contributed by atoms with van der Waals surface area (Å²) in [7, 11) is 0. The number of benzene rings is 2. The van der Waals surface area contributed by atoms with Crippen LogP contribution in [0.5, 0.6) is 0 Å². The summed E-state index contributed by atoms with van der Waals surface area (Å²) in [6.07, 6.45) is 4.14. The second kappa shape index (κ2) is 9.78. The highest BCUT2D eigenvalue weighted by molar-refractivity contribution is 6.35. The number of carbonyl (C=O) groups is 2. The van der Waals surface area contributed by atoms with Gasteiger partial charge in [-0.25, -0.2) is 0 Å². The predicted octanol–water partition coefficient (Wildman–Crippen LogP) is 4.69. The number of rotatable bonds is 6. The maximum absolute atomic E-state index is 12.4. The molecule has 0 radical (unpaired) electrons. The standard InChI is InChI=1S/C23H24Cl3N3O2/c24-15-3-1-14(2-4-15)13-29-18-6-7-19(29)11-17(10-18)28-22(30)12-27-23(31)20-9-16(25)5-8-21(20)26/h1-5,8-9,17-19H,6-7,10-13H2,(H,27,31)(H,28,30)/t18-,19-/m1/s1. The van der Waals surface area contributed by atoms with Crippen molar-refractivity contribution in [2.45, 2.75) is 50.4 Å². The Hall–Kier alpha value is -1.79. The van der Waals surface area contributed by atoms with Crippen molar-refractivity contribution in [3.8, 4) is 0 Å². The lowest BCUT2D eigenvalue weighted by atomic mass is 9.96. The molecule has 0 unspecified atom stereocenters. The average Bonchev–Trinajstić information content (AvgIpc) is 2.97. The average molecular weight is 481 g/mol. The van der Waals surface area contributed by atoms with Crippen LogP contribution in [-0.2, 0) is 11.3 Å². The molecule has 0 aromatic heterocycles. The first-order valence-electron chi connectivity index (χ1n) is 10.4. The Kier molecular flexibility index (Phi) is 7.07. The van der Waals surface area contributed by atoms with E-state index in [2.05, 4.69) is 27.7 Å². The Balaban J connectivity index is 1.27. The Morgan fingerprint density at radius 1 is 0.935 bits per heavy atom. The first-order valence-corrected chi connectivity index (χ1v) is 11.5. The van der Waals surface area contributed by atoms with Gasteiger partial charge in [0.1, 0.15) is 0 Å². The van der Waals surface area contributed by atoms with Crippen molar-refractivity contribution in [3.63, 3.8) is 0 Å². The van der Waals surface area contributed by atoms with Crippen molar-refractivity contribution in [2.24, 2.45) is 0 Å². The number of piperidine rings is 1. The fraction of sp³-hybridized carbons (Fsp3) is 0.391. The summed E-state index contributed by atoms with van der Waals surface area (Å²) in [6.45, 7) is 0.811. The molecule has 2 saturated heterocycles. The Labute approximate surface area is 197 Å². The second-order valence-electron chi connectivity index (χ2n) is 8.23. The van der Waals surface area contributed by atoms with Crippen molar-refractivity contribution in [1.82, 2.24) is 15.5 Å². The smallest absolute Gasteiger partial charge is 0.253 e. The molecule has 0 saturated carbocycles. The molecule has 0 spiro atoms. The summed E-state index contributed by atoms with van der Waals surface area (Å²) in [5, 5.41) is 7.18. The number of nitrogens with one attached hydrogen (secondary N) is 2. The third kappa shape index (κ3) is 5.53. The van der Waals surface area contributed by atoms with E-state index >= 15 is 0 Å². The van der Waals surface area contributed by atoms with Gasteiger partial charge in [-0.1, -0.05) is 46.9 Å². The highest BCUT2D eigenvalue weighted by Gasteiger charge is 2.40. The third-order valence-electron chi connectivity index (χ3n) is 6.11. The van der Waals surface area contributed by atoms with Crippen molar-refractivity contribution >= 4 is 46.6 Å². The largest absolute Gasteiger partial charge is 0.352 e. The number of halogens is 3. The van der Waals surface area contributed by atoms with E-state index in [4.69, 9.17) is 34.8 Å². The number of hydrogen-bond donors (Lipinski definition) is 2. The zero-order valence-corrected chi connectivity index (χ0v) is 19.2. The molecule has 2 N–H and O–H groups in total. The van der Waals surface area contributed by atoms with Crippen molar-refractivity contribution in [1.29, 1.82) is 0 Å². The summed E-state index contributed by atoms with van der Waals surface area (Å²) in [4.78, 5) is 27.3. The maximum Gasteiger partial charge on any atom is 0.253 e. The number of hydrogen-bond acceptors (Lipinski definition) is 3. The molecule has 4 rings (SSSR count). The van der Waals surface area contributed by atoms with Gasteiger partial charge >= 0.3 is 0 Å². The van der Waals surface area contributed by atoms with E-state index in [1.165, 1.54) is 11.6 Å². The highest BCUT2D eigenvalue weighted by Crippen LogP contribution is 2.37. The minimum atomic E-state index is -0.416. The van der Waals surface area contributed by atoms with Gasteiger partial charge in [0.25, 0.3) is 5.91 Å². The summed E-state index contributed by atoms with van der Waals surface area (Å²) in [5.41, 5.74) is 1.52. The normalized spacial score (nSPS) is 22.9. The quantitative estimate of drug-likeness (QED) is 0.631. The van der Waals surface area contributed by atoms with Crippen LogP contribution in [0.4, 0.5) is 0 Å². The fourth-order valence-corrected chi connectivity index (χ4v) is 5.16. The lowest BCUT2D eigenvalue weighted by molar-refractivity contribution is -0.121. The summed E-state index contributed by atoms with van der Waals surface area (Å²) >= 11 is 18.0. The molecular formula is C23H24Cl3N3O2. The molecule has 2 aromatic carbocycles.